The molecule has 1 atom stereocenters. The van der Waals surface area contributed by atoms with Gasteiger partial charge in [-0.05, 0) is 31.2 Å². The first kappa shape index (κ1) is 13.3. The van der Waals surface area contributed by atoms with Crippen LogP contribution in [0, 0.1) is 0 Å². The van der Waals surface area contributed by atoms with Crippen molar-refractivity contribution in [1.29, 1.82) is 0 Å². The van der Waals surface area contributed by atoms with E-state index in [1.165, 1.54) is 6.92 Å². The summed E-state index contributed by atoms with van der Waals surface area (Å²) in [5, 5.41) is 13.1. The number of hydrogen-bond donors (Lipinski definition) is 1. The number of nitrogens with one attached hydrogen (secondary N) is 1. The van der Waals surface area contributed by atoms with E-state index in [0.29, 0.717) is 10.8 Å². The second kappa shape index (κ2) is 6.10. The zero-order chi connectivity index (χ0) is 12.8. The smallest absolute Gasteiger partial charge is 0.258 e. The Morgan fingerprint density at radius 1 is 1.41 bits per heavy atom. The van der Waals surface area contributed by atoms with E-state index in [4.69, 9.17) is 16.3 Å². The molecular weight excluding hydrogens is 246 g/mol. The summed E-state index contributed by atoms with van der Waals surface area (Å²) in [5.74, 6) is -1.40. The van der Waals surface area contributed by atoms with Crippen molar-refractivity contribution >= 4 is 23.5 Å². The predicted molar refractivity (Wildman–Crippen MR) is 59.6 cm³/mol. The molecule has 1 N–H and O–H groups in total. The number of carbonyl (C=O) groups is 2. The van der Waals surface area contributed by atoms with Gasteiger partial charge in [0.15, 0.2) is 6.61 Å². The van der Waals surface area contributed by atoms with Gasteiger partial charge in [0.1, 0.15) is 5.75 Å². The minimum Gasteiger partial charge on any atom is -0.548 e. The van der Waals surface area contributed by atoms with Crippen LogP contribution in [-0.2, 0) is 9.59 Å². The van der Waals surface area contributed by atoms with Crippen molar-refractivity contribution in [1.82, 2.24) is 5.32 Å². The second-order valence-electron chi connectivity index (χ2n) is 3.35. The van der Waals surface area contributed by atoms with E-state index < -0.39 is 17.9 Å². The van der Waals surface area contributed by atoms with Gasteiger partial charge in [-0.3, -0.25) is 4.79 Å². The van der Waals surface area contributed by atoms with Crippen molar-refractivity contribution in [3.63, 3.8) is 0 Å². The van der Waals surface area contributed by atoms with E-state index in [1.54, 1.807) is 24.3 Å². The Labute approximate surface area is 103 Å². The van der Waals surface area contributed by atoms with Gasteiger partial charge in [-0.25, -0.2) is 0 Å². The van der Waals surface area contributed by atoms with E-state index in [9.17, 15) is 14.7 Å². The van der Waals surface area contributed by atoms with Gasteiger partial charge in [-0.15, -0.1) is 0 Å². The summed E-state index contributed by atoms with van der Waals surface area (Å²) in [4.78, 5) is 21.6. The third-order valence-corrected chi connectivity index (χ3v) is 2.17. The number of amides is 1. The molecule has 0 saturated heterocycles. The zero-order valence-corrected chi connectivity index (χ0v) is 9.86. The van der Waals surface area contributed by atoms with Crippen LogP contribution in [0.5, 0.6) is 5.75 Å². The summed E-state index contributed by atoms with van der Waals surface area (Å²) < 4.78 is 5.12. The molecule has 6 heteroatoms. The molecule has 0 heterocycles. The minimum atomic E-state index is -1.34. The van der Waals surface area contributed by atoms with Crippen LogP contribution < -0.4 is 15.2 Å². The molecule has 5 nitrogen and oxygen atoms in total. The first-order chi connectivity index (χ1) is 7.99. The van der Waals surface area contributed by atoms with Crippen LogP contribution >= 0.6 is 11.6 Å². The predicted octanol–water partition coefficient (Wildman–Crippen LogP) is -0.0266. The molecule has 1 rings (SSSR count). The van der Waals surface area contributed by atoms with Crippen molar-refractivity contribution < 1.29 is 19.4 Å². The number of carboxylic acids is 1. The van der Waals surface area contributed by atoms with E-state index in [2.05, 4.69) is 5.32 Å². The largest absolute Gasteiger partial charge is 0.548 e. The topological polar surface area (TPSA) is 78.5 Å². The molecule has 0 spiro atoms. The maximum Gasteiger partial charge on any atom is 0.258 e. The summed E-state index contributed by atoms with van der Waals surface area (Å²) in [7, 11) is 0. The maximum atomic E-state index is 11.2. The lowest BCUT2D eigenvalue weighted by Crippen LogP contribution is -2.47. The van der Waals surface area contributed by atoms with Crippen LogP contribution in [-0.4, -0.2) is 24.5 Å². The fourth-order valence-electron chi connectivity index (χ4n) is 1.02. The molecule has 1 aromatic carbocycles. The molecule has 0 fully saturated rings. The summed E-state index contributed by atoms with van der Waals surface area (Å²) in [5.41, 5.74) is 0. The third-order valence-electron chi connectivity index (χ3n) is 1.91. The van der Waals surface area contributed by atoms with Gasteiger partial charge in [-0.1, -0.05) is 11.6 Å². The fourth-order valence-corrected chi connectivity index (χ4v) is 1.15. The number of halogens is 1. The van der Waals surface area contributed by atoms with Crippen LogP contribution in [0.3, 0.4) is 0 Å². The number of carbonyl (C=O) groups excluding carboxylic acids is 2. The average molecular weight is 257 g/mol. The second-order valence-corrected chi connectivity index (χ2v) is 3.79. The number of rotatable bonds is 5. The van der Waals surface area contributed by atoms with Gasteiger partial charge >= 0.3 is 0 Å². The van der Waals surface area contributed by atoms with Gasteiger partial charge < -0.3 is 20.0 Å². The third kappa shape index (κ3) is 4.74. The highest BCUT2D eigenvalue weighted by Crippen LogP contribution is 2.15. The normalized spacial score (nSPS) is 11.6. The standard InChI is InChI=1S/C11H12ClNO4/c1-7(11(15)16)13-10(14)6-17-9-4-2-8(12)3-5-9/h2-5,7H,6H2,1H3,(H,13,14)(H,15,16)/p-1. The lowest BCUT2D eigenvalue weighted by atomic mass is 10.3. The highest BCUT2D eigenvalue weighted by atomic mass is 35.5. The molecule has 0 aromatic heterocycles. The molecule has 17 heavy (non-hydrogen) atoms. The van der Waals surface area contributed by atoms with Gasteiger partial charge in [0, 0.05) is 5.02 Å². The van der Waals surface area contributed by atoms with E-state index in [0.717, 1.165) is 0 Å². The molecule has 0 saturated carbocycles. The summed E-state index contributed by atoms with van der Waals surface area (Å²) in [6, 6.07) is 5.42. The number of ether oxygens (including phenoxy) is 1. The highest BCUT2D eigenvalue weighted by molar-refractivity contribution is 6.30. The van der Waals surface area contributed by atoms with Gasteiger partial charge in [0.25, 0.3) is 5.91 Å². The van der Waals surface area contributed by atoms with Gasteiger partial charge in [0.2, 0.25) is 0 Å². The summed E-state index contributed by atoms with van der Waals surface area (Å²) in [6.45, 7) is 1.05. The lowest BCUT2D eigenvalue weighted by Gasteiger charge is -2.14. The molecule has 1 unspecified atom stereocenters. The zero-order valence-electron chi connectivity index (χ0n) is 9.10. The molecule has 0 aliphatic heterocycles. The molecule has 1 aromatic rings. The van der Waals surface area contributed by atoms with E-state index >= 15 is 0 Å². The Morgan fingerprint density at radius 3 is 2.53 bits per heavy atom. The molecular formula is C11H11ClNO4-. The quantitative estimate of drug-likeness (QED) is 0.803. The monoisotopic (exact) mass is 256 g/mol. The molecule has 0 bridgehead atoms. The molecule has 0 radical (unpaired) electrons. The first-order valence-corrected chi connectivity index (χ1v) is 5.25. The molecule has 0 aliphatic rings. The number of benzene rings is 1. The average Bonchev–Trinajstić information content (AvgIpc) is 2.28. The molecule has 92 valence electrons. The number of hydrogen-bond acceptors (Lipinski definition) is 4. The first-order valence-electron chi connectivity index (χ1n) is 4.87. The Bertz CT molecular complexity index is 404. The Balaban J connectivity index is 2.38. The minimum absolute atomic E-state index is 0.265. The lowest BCUT2D eigenvalue weighted by molar-refractivity contribution is -0.307. The van der Waals surface area contributed by atoms with Crippen molar-refractivity contribution in [2.24, 2.45) is 0 Å². The van der Waals surface area contributed by atoms with Crippen LogP contribution in [0.4, 0.5) is 0 Å². The van der Waals surface area contributed by atoms with Crippen molar-refractivity contribution in [3.8, 4) is 5.75 Å². The Kier molecular flexibility index (Phi) is 4.78. The Morgan fingerprint density at radius 2 is 2.00 bits per heavy atom. The van der Waals surface area contributed by atoms with Crippen molar-refractivity contribution in [2.45, 2.75) is 13.0 Å². The molecule has 0 aliphatic carbocycles. The number of carboxylic acid groups (broad SMARTS) is 1. The number of aliphatic carboxylic acids is 1. The maximum absolute atomic E-state index is 11.2. The van der Waals surface area contributed by atoms with Crippen LogP contribution in [0.2, 0.25) is 5.02 Å². The van der Waals surface area contributed by atoms with Crippen LogP contribution in [0.15, 0.2) is 24.3 Å². The van der Waals surface area contributed by atoms with E-state index in [1.807, 2.05) is 0 Å². The van der Waals surface area contributed by atoms with Crippen molar-refractivity contribution in [3.05, 3.63) is 29.3 Å². The van der Waals surface area contributed by atoms with Crippen molar-refractivity contribution in [2.75, 3.05) is 6.61 Å². The summed E-state index contributed by atoms with van der Waals surface area (Å²) in [6.07, 6.45) is 0. The SMILES string of the molecule is CC(NC(=O)COc1ccc(Cl)cc1)C(=O)[O-]. The van der Waals surface area contributed by atoms with Crippen LogP contribution in [0.25, 0.3) is 0 Å². The Hall–Kier alpha value is -1.75. The fraction of sp³-hybridized carbons (Fsp3) is 0.273. The van der Waals surface area contributed by atoms with Crippen LogP contribution in [0.1, 0.15) is 6.92 Å². The van der Waals surface area contributed by atoms with E-state index in [-0.39, 0.29) is 6.61 Å². The van der Waals surface area contributed by atoms with Gasteiger partial charge in [0.05, 0.1) is 12.0 Å². The highest BCUT2D eigenvalue weighted by Gasteiger charge is 2.08. The van der Waals surface area contributed by atoms with Gasteiger partial charge in [-0.2, -0.15) is 0 Å². The summed E-state index contributed by atoms with van der Waals surface area (Å²) >= 11 is 5.67. The molecule has 1 amide bonds.